The number of hydrogen-bond donors (Lipinski definition) is 0. The molecule has 21 heavy (non-hydrogen) atoms. The third-order valence-electron chi connectivity index (χ3n) is 3.71. The summed E-state index contributed by atoms with van der Waals surface area (Å²) in [4.78, 5) is 0. The standard InChI is InChI=1S/C18H37BrO2/c1-15(2)9-13-20-17(5,6)10-11-18(7,8)21-14-12-16(3,4)19/h15H,9-14H2,1-8H3. The van der Waals surface area contributed by atoms with E-state index in [9.17, 15) is 0 Å². The largest absolute Gasteiger partial charge is 0.376 e. The molecule has 0 spiro atoms. The van der Waals surface area contributed by atoms with E-state index in [-0.39, 0.29) is 15.5 Å². The van der Waals surface area contributed by atoms with Gasteiger partial charge in [-0.3, -0.25) is 0 Å². The maximum atomic E-state index is 6.06. The molecule has 0 aliphatic rings. The summed E-state index contributed by atoms with van der Waals surface area (Å²) in [5.74, 6) is 0.702. The van der Waals surface area contributed by atoms with Crippen molar-refractivity contribution in [3.05, 3.63) is 0 Å². The van der Waals surface area contributed by atoms with Gasteiger partial charge in [-0.1, -0.05) is 29.8 Å². The van der Waals surface area contributed by atoms with Crippen LogP contribution in [0.15, 0.2) is 0 Å². The number of hydrogen-bond acceptors (Lipinski definition) is 2. The predicted octanol–water partition coefficient (Wildman–Crippen LogP) is 5.97. The molecule has 0 amide bonds. The van der Waals surface area contributed by atoms with Gasteiger partial charge in [0, 0.05) is 17.5 Å². The Morgan fingerprint density at radius 1 is 0.762 bits per heavy atom. The fourth-order valence-electron chi connectivity index (χ4n) is 1.89. The first-order valence-corrected chi connectivity index (χ1v) is 9.09. The van der Waals surface area contributed by atoms with Gasteiger partial charge in [-0.25, -0.2) is 0 Å². The Bertz CT molecular complexity index is 277. The maximum absolute atomic E-state index is 6.06. The molecule has 0 heterocycles. The second-order valence-corrected chi connectivity index (χ2v) is 10.5. The Balaban J connectivity index is 4.04. The lowest BCUT2D eigenvalue weighted by Gasteiger charge is -2.32. The van der Waals surface area contributed by atoms with Gasteiger partial charge in [-0.2, -0.15) is 0 Å². The average molecular weight is 365 g/mol. The second kappa shape index (κ2) is 8.88. The highest BCUT2D eigenvalue weighted by Gasteiger charge is 2.26. The van der Waals surface area contributed by atoms with Crippen molar-refractivity contribution in [1.29, 1.82) is 0 Å². The third-order valence-corrected chi connectivity index (χ3v) is 4.10. The first kappa shape index (κ1) is 21.4. The summed E-state index contributed by atoms with van der Waals surface area (Å²) in [5.41, 5.74) is -0.152. The number of alkyl halides is 1. The van der Waals surface area contributed by atoms with Crippen LogP contribution in [-0.4, -0.2) is 28.7 Å². The van der Waals surface area contributed by atoms with Crippen molar-refractivity contribution in [2.45, 2.75) is 96.6 Å². The van der Waals surface area contributed by atoms with Gasteiger partial charge in [0.05, 0.1) is 11.2 Å². The van der Waals surface area contributed by atoms with Gasteiger partial charge < -0.3 is 9.47 Å². The zero-order valence-corrected chi connectivity index (χ0v) is 17.1. The van der Waals surface area contributed by atoms with Gasteiger partial charge in [-0.15, -0.1) is 0 Å². The Morgan fingerprint density at radius 3 is 1.57 bits per heavy atom. The summed E-state index contributed by atoms with van der Waals surface area (Å²) in [6.07, 6.45) is 4.19. The highest BCUT2D eigenvalue weighted by Crippen LogP contribution is 2.27. The minimum Gasteiger partial charge on any atom is -0.376 e. The summed E-state index contributed by atoms with van der Waals surface area (Å²) in [7, 11) is 0. The molecule has 0 aliphatic carbocycles. The SMILES string of the molecule is CC(C)CCOC(C)(C)CCC(C)(C)OCCC(C)(C)Br. The quantitative estimate of drug-likeness (QED) is 0.420. The normalized spacial score (nSPS) is 14.0. The molecule has 0 bridgehead atoms. The van der Waals surface area contributed by atoms with Crippen LogP contribution in [0.25, 0.3) is 0 Å². The van der Waals surface area contributed by atoms with Crippen LogP contribution in [0.3, 0.4) is 0 Å². The molecule has 0 aromatic rings. The van der Waals surface area contributed by atoms with Crippen molar-refractivity contribution < 1.29 is 9.47 Å². The highest BCUT2D eigenvalue weighted by atomic mass is 79.9. The smallest absolute Gasteiger partial charge is 0.0627 e. The summed E-state index contributed by atoms with van der Waals surface area (Å²) in [6, 6.07) is 0. The molecule has 0 saturated carbocycles. The van der Waals surface area contributed by atoms with Crippen LogP contribution in [0.2, 0.25) is 0 Å². The van der Waals surface area contributed by atoms with E-state index in [4.69, 9.17) is 9.47 Å². The Kier molecular flexibility index (Phi) is 9.05. The zero-order valence-electron chi connectivity index (χ0n) is 15.5. The van der Waals surface area contributed by atoms with E-state index in [1.807, 2.05) is 0 Å². The van der Waals surface area contributed by atoms with Crippen molar-refractivity contribution >= 4 is 15.9 Å². The Labute approximate surface area is 141 Å². The molecule has 0 saturated heterocycles. The Hall–Kier alpha value is 0.400. The molecule has 3 heteroatoms. The third kappa shape index (κ3) is 13.8. The zero-order chi connectivity index (χ0) is 16.7. The van der Waals surface area contributed by atoms with Gasteiger partial charge >= 0.3 is 0 Å². The van der Waals surface area contributed by atoms with Crippen LogP contribution in [-0.2, 0) is 9.47 Å². The van der Waals surface area contributed by atoms with Crippen molar-refractivity contribution in [3.8, 4) is 0 Å². The van der Waals surface area contributed by atoms with E-state index in [1.54, 1.807) is 0 Å². The van der Waals surface area contributed by atoms with Crippen LogP contribution in [0.4, 0.5) is 0 Å². The minimum atomic E-state index is -0.0864. The highest BCUT2D eigenvalue weighted by molar-refractivity contribution is 9.10. The fraction of sp³-hybridized carbons (Fsp3) is 1.00. The van der Waals surface area contributed by atoms with E-state index < -0.39 is 0 Å². The lowest BCUT2D eigenvalue weighted by molar-refractivity contribution is -0.0667. The first-order chi connectivity index (χ1) is 9.33. The van der Waals surface area contributed by atoms with Crippen molar-refractivity contribution in [1.82, 2.24) is 0 Å². The van der Waals surface area contributed by atoms with Crippen LogP contribution >= 0.6 is 15.9 Å². The van der Waals surface area contributed by atoms with Crippen LogP contribution in [0, 0.1) is 5.92 Å². The molecule has 0 aromatic heterocycles. The molecule has 0 aromatic carbocycles. The molecule has 0 N–H and O–H groups in total. The molecule has 0 atom stereocenters. The van der Waals surface area contributed by atoms with E-state index in [0.29, 0.717) is 5.92 Å². The van der Waals surface area contributed by atoms with E-state index in [2.05, 4.69) is 71.3 Å². The van der Waals surface area contributed by atoms with Crippen LogP contribution < -0.4 is 0 Å². The summed E-state index contributed by atoms with van der Waals surface area (Å²) in [5, 5.41) is 0. The second-order valence-electron chi connectivity index (χ2n) is 8.37. The van der Waals surface area contributed by atoms with Gasteiger partial charge in [0.1, 0.15) is 0 Å². The number of ether oxygens (including phenoxy) is 2. The Morgan fingerprint density at radius 2 is 1.19 bits per heavy atom. The molecule has 128 valence electrons. The molecule has 0 aliphatic heterocycles. The van der Waals surface area contributed by atoms with Gasteiger partial charge in [0.2, 0.25) is 0 Å². The molecule has 0 unspecified atom stereocenters. The van der Waals surface area contributed by atoms with Crippen molar-refractivity contribution in [2.24, 2.45) is 5.92 Å². The summed E-state index contributed by atoms with van der Waals surface area (Å²) >= 11 is 3.66. The van der Waals surface area contributed by atoms with Gasteiger partial charge in [0.25, 0.3) is 0 Å². The van der Waals surface area contributed by atoms with Crippen LogP contribution in [0.1, 0.15) is 81.1 Å². The van der Waals surface area contributed by atoms with Gasteiger partial charge in [-0.05, 0) is 73.1 Å². The van der Waals surface area contributed by atoms with Crippen molar-refractivity contribution in [3.63, 3.8) is 0 Å². The monoisotopic (exact) mass is 364 g/mol. The molecule has 2 nitrogen and oxygen atoms in total. The minimum absolute atomic E-state index is 0.0653. The van der Waals surface area contributed by atoms with E-state index in [1.165, 1.54) is 0 Å². The summed E-state index contributed by atoms with van der Waals surface area (Å²) in [6.45, 7) is 19.2. The van der Waals surface area contributed by atoms with Gasteiger partial charge in [0.15, 0.2) is 0 Å². The molecular formula is C18H37BrO2. The number of rotatable bonds is 11. The van der Waals surface area contributed by atoms with Crippen molar-refractivity contribution in [2.75, 3.05) is 13.2 Å². The summed E-state index contributed by atoms with van der Waals surface area (Å²) < 4.78 is 12.2. The van der Waals surface area contributed by atoms with E-state index >= 15 is 0 Å². The predicted molar refractivity (Wildman–Crippen MR) is 96.4 cm³/mol. The fourth-order valence-corrected chi connectivity index (χ4v) is 2.05. The molecular weight excluding hydrogens is 328 g/mol. The number of halogens is 1. The maximum Gasteiger partial charge on any atom is 0.0627 e. The van der Waals surface area contributed by atoms with E-state index in [0.717, 1.165) is 38.9 Å². The topological polar surface area (TPSA) is 18.5 Å². The molecule has 0 radical (unpaired) electrons. The lowest BCUT2D eigenvalue weighted by atomic mass is 9.93. The lowest BCUT2D eigenvalue weighted by Crippen LogP contribution is -2.32. The van der Waals surface area contributed by atoms with Crippen LogP contribution in [0.5, 0.6) is 0 Å². The molecule has 0 fully saturated rings. The average Bonchev–Trinajstić information content (AvgIpc) is 2.24. The first-order valence-electron chi connectivity index (χ1n) is 8.30. The molecule has 0 rings (SSSR count).